The highest BCUT2D eigenvalue weighted by atomic mass is 32.2. The average Bonchev–Trinajstić information content (AvgIpc) is 3.14. The Labute approximate surface area is 169 Å². The van der Waals surface area contributed by atoms with Crippen molar-refractivity contribution in [3.05, 3.63) is 53.8 Å². The van der Waals surface area contributed by atoms with E-state index < -0.39 is 21.9 Å². The number of fused-ring (bicyclic) bond motifs is 1. The zero-order valence-electron chi connectivity index (χ0n) is 16.1. The Morgan fingerprint density at radius 3 is 2.48 bits per heavy atom. The summed E-state index contributed by atoms with van der Waals surface area (Å²) in [5, 5.41) is 2.79. The molecule has 9 heteroatoms. The van der Waals surface area contributed by atoms with Gasteiger partial charge >= 0.3 is 0 Å². The van der Waals surface area contributed by atoms with Gasteiger partial charge in [-0.3, -0.25) is 4.79 Å². The third kappa shape index (κ3) is 5.45. The Kier molecular flexibility index (Phi) is 6.39. The zero-order valence-corrected chi connectivity index (χ0v) is 17.0. The average molecular weight is 422 g/mol. The number of ether oxygens (including phenoxy) is 2. The molecule has 156 valence electrons. The molecule has 0 unspecified atom stereocenters. The molecule has 1 aliphatic rings. The number of sulfonamides is 1. The molecule has 0 aromatic heterocycles. The summed E-state index contributed by atoms with van der Waals surface area (Å²) in [4.78, 5) is 12.3. The number of carbonyl (C=O) groups is 1. The van der Waals surface area contributed by atoms with Crippen LogP contribution in [0.4, 0.5) is 4.39 Å². The number of halogens is 1. The molecule has 0 spiro atoms. The van der Waals surface area contributed by atoms with Crippen LogP contribution < -0.4 is 19.5 Å². The summed E-state index contributed by atoms with van der Waals surface area (Å²) in [6.07, 6.45) is -0.0252. The maximum absolute atomic E-state index is 13.1. The van der Waals surface area contributed by atoms with Gasteiger partial charge in [0.2, 0.25) is 22.7 Å². The third-order valence-corrected chi connectivity index (χ3v) is 6.07. The number of amides is 1. The molecular weight excluding hydrogens is 399 g/mol. The molecule has 2 aromatic rings. The number of hydrogen-bond acceptors (Lipinski definition) is 5. The standard InChI is InChI=1S/C20H23FN2O5S/c1-13(2)17(23-29(25,26)16-6-4-15(21)5-7-16)10-20(24)22-11-14-3-8-18-19(9-14)28-12-27-18/h3-9,13,17,23H,10-12H2,1-2H3,(H,22,24)/t17-/m1/s1. The number of carbonyl (C=O) groups excluding carboxylic acids is 1. The Morgan fingerprint density at radius 1 is 1.10 bits per heavy atom. The van der Waals surface area contributed by atoms with E-state index in [2.05, 4.69) is 10.0 Å². The summed E-state index contributed by atoms with van der Waals surface area (Å²) < 4.78 is 51.2. The van der Waals surface area contributed by atoms with E-state index in [1.54, 1.807) is 12.1 Å². The molecule has 0 bridgehead atoms. The maximum atomic E-state index is 13.1. The van der Waals surface area contributed by atoms with Gasteiger partial charge in [-0.25, -0.2) is 17.5 Å². The molecule has 0 saturated carbocycles. The third-order valence-electron chi connectivity index (χ3n) is 4.57. The molecule has 1 amide bonds. The lowest BCUT2D eigenvalue weighted by Gasteiger charge is -2.22. The largest absolute Gasteiger partial charge is 0.454 e. The first-order chi connectivity index (χ1) is 13.7. The van der Waals surface area contributed by atoms with Crippen LogP contribution in [-0.4, -0.2) is 27.2 Å². The summed E-state index contributed by atoms with van der Waals surface area (Å²) in [5.41, 5.74) is 0.843. The van der Waals surface area contributed by atoms with Crippen molar-refractivity contribution >= 4 is 15.9 Å². The first kappa shape index (κ1) is 21.1. The Bertz CT molecular complexity index is 977. The molecule has 2 aromatic carbocycles. The summed E-state index contributed by atoms with van der Waals surface area (Å²) >= 11 is 0. The van der Waals surface area contributed by atoms with Crippen LogP contribution in [0.15, 0.2) is 47.4 Å². The first-order valence-electron chi connectivity index (χ1n) is 9.18. The van der Waals surface area contributed by atoms with E-state index in [9.17, 15) is 17.6 Å². The van der Waals surface area contributed by atoms with E-state index >= 15 is 0 Å². The van der Waals surface area contributed by atoms with Crippen LogP contribution >= 0.6 is 0 Å². The molecule has 1 heterocycles. The van der Waals surface area contributed by atoms with Crippen molar-refractivity contribution in [2.24, 2.45) is 5.92 Å². The van der Waals surface area contributed by atoms with Gasteiger partial charge in [0.1, 0.15) is 5.82 Å². The highest BCUT2D eigenvalue weighted by Gasteiger charge is 2.25. The van der Waals surface area contributed by atoms with Crippen LogP contribution in [0.1, 0.15) is 25.8 Å². The molecular formula is C20H23FN2O5S. The number of hydrogen-bond donors (Lipinski definition) is 2. The van der Waals surface area contributed by atoms with E-state index in [1.807, 2.05) is 19.9 Å². The van der Waals surface area contributed by atoms with Crippen LogP contribution in [-0.2, 0) is 21.4 Å². The maximum Gasteiger partial charge on any atom is 0.240 e. The van der Waals surface area contributed by atoms with E-state index in [0.717, 1.165) is 17.7 Å². The van der Waals surface area contributed by atoms with Gasteiger partial charge < -0.3 is 14.8 Å². The van der Waals surface area contributed by atoms with Crippen LogP contribution in [0.5, 0.6) is 11.5 Å². The second-order valence-electron chi connectivity index (χ2n) is 7.09. The summed E-state index contributed by atoms with van der Waals surface area (Å²) in [7, 11) is -3.87. The normalized spacial score (nSPS) is 14.1. The van der Waals surface area contributed by atoms with Crippen molar-refractivity contribution in [1.82, 2.24) is 10.0 Å². The molecule has 2 N–H and O–H groups in total. The highest BCUT2D eigenvalue weighted by molar-refractivity contribution is 7.89. The summed E-state index contributed by atoms with van der Waals surface area (Å²) in [6, 6.07) is 9.32. The summed E-state index contributed by atoms with van der Waals surface area (Å²) in [5.74, 6) is 0.357. The molecule has 3 rings (SSSR count). The Hall–Kier alpha value is -2.65. The molecule has 1 atom stereocenters. The van der Waals surface area contributed by atoms with Crippen LogP contribution in [0.3, 0.4) is 0 Å². The quantitative estimate of drug-likeness (QED) is 0.682. The van der Waals surface area contributed by atoms with E-state index in [0.29, 0.717) is 11.5 Å². The first-order valence-corrected chi connectivity index (χ1v) is 10.7. The topological polar surface area (TPSA) is 93.7 Å². The van der Waals surface area contributed by atoms with Gasteiger partial charge in [0, 0.05) is 19.0 Å². The van der Waals surface area contributed by atoms with Crippen molar-refractivity contribution in [1.29, 1.82) is 0 Å². The van der Waals surface area contributed by atoms with Gasteiger partial charge in [-0.2, -0.15) is 0 Å². The summed E-state index contributed by atoms with van der Waals surface area (Å²) in [6.45, 7) is 4.10. The molecule has 7 nitrogen and oxygen atoms in total. The van der Waals surface area contributed by atoms with Gasteiger partial charge in [-0.1, -0.05) is 19.9 Å². The lowest BCUT2D eigenvalue weighted by atomic mass is 10.0. The molecule has 0 fully saturated rings. The minimum atomic E-state index is -3.87. The van der Waals surface area contributed by atoms with Crippen molar-refractivity contribution in [3.8, 4) is 11.5 Å². The fraction of sp³-hybridized carbons (Fsp3) is 0.350. The monoisotopic (exact) mass is 422 g/mol. The van der Waals surface area contributed by atoms with E-state index in [4.69, 9.17) is 9.47 Å². The minimum absolute atomic E-state index is 0.0252. The van der Waals surface area contributed by atoms with Crippen LogP contribution in [0.2, 0.25) is 0 Å². The lowest BCUT2D eigenvalue weighted by molar-refractivity contribution is -0.121. The molecule has 1 aliphatic heterocycles. The number of benzene rings is 2. The predicted molar refractivity (Wildman–Crippen MR) is 104 cm³/mol. The van der Waals surface area contributed by atoms with Crippen molar-refractivity contribution in [2.45, 2.75) is 37.8 Å². The van der Waals surface area contributed by atoms with Crippen molar-refractivity contribution in [2.75, 3.05) is 6.79 Å². The lowest BCUT2D eigenvalue weighted by Crippen LogP contribution is -2.42. The van der Waals surface area contributed by atoms with Crippen LogP contribution in [0, 0.1) is 11.7 Å². The fourth-order valence-electron chi connectivity index (χ4n) is 2.82. The predicted octanol–water partition coefficient (Wildman–Crippen LogP) is 2.56. The number of nitrogens with one attached hydrogen (secondary N) is 2. The molecule has 0 aliphatic carbocycles. The highest BCUT2D eigenvalue weighted by Crippen LogP contribution is 2.32. The molecule has 29 heavy (non-hydrogen) atoms. The number of rotatable bonds is 8. The van der Waals surface area contributed by atoms with E-state index in [1.165, 1.54) is 12.1 Å². The van der Waals surface area contributed by atoms with Gasteiger partial charge in [0.15, 0.2) is 11.5 Å². The molecule has 0 radical (unpaired) electrons. The van der Waals surface area contributed by atoms with Crippen molar-refractivity contribution in [3.63, 3.8) is 0 Å². The van der Waals surface area contributed by atoms with Gasteiger partial charge in [0.25, 0.3) is 0 Å². The Balaban J connectivity index is 1.59. The van der Waals surface area contributed by atoms with Gasteiger partial charge in [-0.15, -0.1) is 0 Å². The van der Waals surface area contributed by atoms with Crippen molar-refractivity contribution < 1.29 is 27.1 Å². The van der Waals surface area contributed by atoms with Gasteiger partial charge in [0.05, 0.1) is 4.90 Å². The second kappa shape index (κ2) is 8.79. The zero-order chi connectivity index (χ0) is 21.0. The fourth-order valence-corrected chi connectivity index (χ4v) is 4.20. The van der Waals surface area contributed by atoms with Gasteiger partial charge in [-0.05, 0) is 47.9 Å². The SMILES string of the molecule is CC(C)[C@@H](CC(=O)NCc1ccc2c(c1)OCO2)NS(=O)(=O)c1ccc(F)cc1. The van der Waals surface area contributed by atoms with Crippen LogP contribution in [0.25, 0.3) is 0 Å². The minimum Gasteiger partial charge on any atom is -0.454 e. The second-order valence-corrected chi connectivity index (χ2v) is 8.81. The smallest absolute Gasteiger partial charge is 0.240 e. The molecule has 0 saturated heterocycles. The van der Waals surface area contributed by atoms with E-state index in [-0.39, 0.29) is 36.5 Å². The Morgan fingerprint density at radius 2 is 1.79 bits per heavy atom.